The Bertz CT molecular complexity index is 402. The number of aromatic nitrogens is 1. The van der Waals surface area contributed by atoms with Gasteiger partial charge in [0.1, 0.15) is 5.82 Å². The van der Waals surface area contributed by atoms with E-state index in [2.05, 4.69) is 42.0 Å². The molecule has 0 spiro atoms. The van der Waals surface area contributed by atoms with E-state index in [1.54, 1.807) is 0 Å². The fourth-order valence-corrected chi connectivity index (χ4v) is 4.06. The molecule has 1 fully saturated rings. The minimum Gasteiger partial charge on any atom is -0.383 e. The molecule has 0 aliphatic carbocycles. The maximum absolute atomic E-state index is 6.11. The number of hydrogen-bond donors (Lipinski definition) is 2. The van der Waals surface area contributed by atoms with Crippen LogP contribution >= 0.6 is 11.8 Å². The second-order valence-corrected chi connectivity index (χ2v) is 6.67. The lowest BCUT2D eigenvalue weighted by molar-refractivity contribution is 0.479. The largest absolute Gasteiger partial charge is 0.383 e. The molecule has 0 aromatic carbocycles. The van der Waals surface area contributed by atoms with Gasteiger partial charge >= 0.3 is 0 Å². The van der Waals surface area contributed by atoms with Crippen LogP contribution in [0, 0.1) is 6.92 Å². The van der Waals surface area contributed by atoms with E-state index < -0.39 is 0 Å². The number of nitrogen functional groups attached to an aromatic ring is 1. The van der Waals surface area contributed by atoms with Crippen molar-refractivity contribution < 1.29 is 0 Å². The molecule has 0 amide bonds. The maximum atomic E-state index is 6.11. The zero-order valence-electron chi connectivity index (χ0n) is 12.0. The Morgan fingerprint density at radius 2 is 2.37 bits per heavy atom. The third-order valence-electron chi connectivity index (χ3n) is 3.62. The quantitative estimate of drug-likeness (QED) is 0.868. The van der Waals surface area contributed by atoms with Gasteiger partial charge in [0.2, 0.25) is 0 Å². The smallest absolute Gasteiger partial charge is 0.128 e. The van der Waals surface area contributed by atoms with Crippen LogP contribution < -0.4 is 11.1 Å². The van der Waals surface area contributed by atoms with E-state index in [9.17, 15) is 0 Å². The van der Waals surface area contributed by atoms with E-state index in [-0.39, 0.29) is 0 Å². The minimum absolute atomic E-state index is 0.345. The van der Waals surface area contributed by atoms with Gasteiger partial charge in [-0.3, -0.25) is 0 Å². The summed E-state index contributed by atoms with van der Waals surface area (Å²) >= 11 is 2.09. The predicted molar refractivity (Wildman–Crippen MR) is 84.5 cm³/mol. The molecule has 1 aliphatic heterocycles. The van der Waals surface area contributed by atoms with Crippen molar-refractivity contribution in [3.05, 3.63) is 23.4 Å². The van der Waals surface area contributed by atoms with Crippen molar-refractivity contribution in [3.63, 3.8) is 0 Å². The highest BCUT2D eigenvalue weighted by Gasteiger charge is 2.27. The molecule has 106 valence electrons. The number of rotatable bonds is 5. The second-order valence-electron chi connectivity index (χ2n) is 5.32. The zero-order valence-corrected chi connectivity index (χ0v) is 12.8. The molecule has 0 saturated carbocycles. The van der Waals surface area contributed by atoms with E-state index in [0.717, 1.165) is 13.0 Å². The fourth-order valence-electron chi connectivity index (χ4n) is 2.62. The first kappa shape index (κ1) is 14.7. The van der Waals surface area contributed by atoms with Crippen molar-refractivity contribution in [1.29, 1.82) is 0 Å². The lowest BCUT2D eigenvalue weighted by atomic mass is 9.98. The average Bonchev–Trinajstić information content (AvgIpc) is 2.44. The summed E-state index contributed by atoms with van der Waals surface area (Å²) in [4.78, 5) is 4.33. The molecule has 19 heavy (non-hydrogen) atoms. The van der Waals surface area contributed by atoms with E-state index in [4.69, 9.17) is 5.73 Å². The van der Waals surface area contributed by atoms with Crippen molar-refractivity contribution in [3.8, 4) is 0 Å². The Hall–Kier alpha value is -0.740. The lowest BCUT2D eigenvalue weighted by Gasteiger charge is -2.31. The van der Waals surface area contributed by atoms with Crippen LogP contribution in [0.5, 0.6) is 0 Å². The molecule has 2 rings (SSSR count). The molecule has 0 radical (unpaired) electrons. The van der Waals surface area contributed by atoms with Gasteiger partial charge < -0.3 is 11.1 Å². The third-order valence-corrected chi connectivity index (χ3v) is 5.08. The van der Waals surface area contributed by atoms with Crippen molar-refractivity contribution in [2.75, 3.05) is 18.0 Å². The van der Waals surface area contributed by atoms with Gasteiger partial charge in [-0.15, -0.1) is 0 Å². The van der Waals surface area contributed by atoms with Crippen LogP contribution in [0.4, 0.5) is 5.82 Å². The first-order chi connectivity index (χ1) is 9.22. The van der Waals surface area contributed by atoms with Crippen molar-refractivity contribution in [2.45, 2.75) is 50.8 Å². The molecular weight excluding hydrogens is 254 g/mol. The summed E-state index contributed by atoms with van der Waals surface area (Å²) < 4.78 is 0. The summed E-state index contributed by atoms with van der Waals surface area (Å²) in [6.07, 6.45) is 6.96. The molecule has 2 heterocycles. The summed E-state index contributed by atoms with van der Waals surface area (Å²) in [6.45, 7) is 5.33. The van der Waals surface area contributed by atoms with Gasteiger partial charge in [-0.05, 0) is 50.1 Å². The monoisotopic (exact) mass is 279 g/mol. The Morgan fingerprint density at radius 1 is 1.53 bits per heavy atom. The molecule has 2 unspecified atom stereocenters. The lowest BCUT2D eigenvalue weighted by Crippen LogP contribution is -2.33. The van der Waals surface area contributed by atoms with E-state index in [0.29, 0.717) is 17.1 Å². The zero-order chi connectivity index (χ0) is 13.7. The minimum atomic E-state index is 0.345. The number of nitrogens with two attached hydrogens (primary N) is 1. The fraction of sp³-hybridized carbons (Fsp3) is 0.667. The van der Waals surface area contributed by atoms with Crippen LogP contribution in [0.25, 0.3) is 0 Å². The molecule has 0 bridgehead atoms. The van der Waals surface area contributed by atoms with Crippen LogP contribution in [-0.4, -0.2) is 22.5 Å². The van der Waals surface area contributed by atoms with Crippen LogP contribution in [0.1, 0.15) is 49.8 Å². The number of aryl methyl sites for hydroxylation is 1. The van der Waals surface area contributed by atoms with Gasteiger partial charge in [0.15, 0.2) is 0 Å². The topological polar surface area (TPSA) is 50.9 Å². The Kier molecular flexibility index (Phi) is 5.52. The Labute approximate surface area is 120 Å². The highest BCUT2D eigenvalue weighted by molar-refractivity contribution is 8.00. The predicted octanol–water partition coefficient (Wildman–Crippen LogP) is 3.30. The number of nitrogens with zero attached hydrogens (tertiary/aromatic N) is 1. The van der Waals surface area contributed by atoms with E-state index in [1.165, 1.54) is 36.1 Å². The second kappa shape index (κ2) is 7.15. The highest BCUT2D eigenvalue weighted by atomic mass is 32.2. The van der Waals surface area contributed by atoms with Crippen LogP contribution in [-0.2, 0) is 0 Å². The van der Waals surface area contributed by atoms with Crippen LogP contribution in [0.15, 0.2) is 12.3 Å². The standard InChI is InChI=1S/C15H25N3S/c1-3-7-17-14(13-6-4-5-8-19-13)12-9-11(2)10-18-15(12)16/h9-10,13-14,17H,3-8H2,1-2H3,(H2,16,18). The molecule has 3 nitrogen and oxygen atoms in total. The summed E-state index contributed by atoms with van der Waals surface area (Å²) in [5, 5.41) is 4.31. The number of nitrogens with one attached hydrogen (secondary N) is 1. The summed E-state index contributed by atoms with van der Waals surface area (Å²) in [7, 11) is 0. The number of pyridine rings is 1. The first-order valence-corrected chi connectivity index (χ1v) is 8.34. The highest BCUT2D eigenvalue weighted by Crippen LogP contribution is 2.36. The Morgan fingerprint density at radius 3 is 3.05 bits per heavy atom. The van der Waals surface area contributed by atoms with Gasteiger partial charge in [-0.1, -0.05) is 13.3 Å². The molecule has 3 N–H and O–H groups in total. The van der Waals surface area contributed by atoms with Gasteiger partial charge in [-0.25, -0.2) is 4.98 Å². The average molecular weight is 279 g/mol. The number of anilines is 1. The molecule has 1 aliphatic rings. The van der Waals surface area contributed by atoms with Gasteiger partial charge in [0.25, 0.3) is 0 Å². The van der Waals surface area contributed by atoms with Gasteiger partial charge in [-0.2, -0.15) is 11.8 Å². The molecule has 1 aromatic rings. The van der Waals surface area contributed by atoms with Crippen molar-refractivity contribution in [1.82, 2.24) is 10.3 Å². The van der Waals surface area contributed by atoms with Gasteiger partial charge in [0, 0.05) is 23.1 Å². The number of hydrogen-bond acceptors (Lipinski definition) is 4. The third kappa shape index (κ3) is 3.86. The van der Waals surface area contributed by atoms with E-state index >= 15 is 0 Å². The summed E-state index contributed by atoms with van der Waals surface area (Å²) in [5.41, 5.74) is 8.48. The van der Waals surface area contributed by atoms with Crippen LogP contribution in [0.3, 0.4) is 0 Å². The first-order valence-electron chi connectivity index (χ1n) is 7.29. The SMILES string of the molecule is CCCNC(c1cc(C)cnc1N)C1CCCCS1. The molecule has 4 heteroatoms. The maximum Gasteiger partial charge on any atom is 0.128 e. The normalized spacial score (nSPS) is 21.3. The van der Waals surface area contributed by atoms with Gasteiger partial charge in [0.05, 0.1) is 0 Å². The Balaban J connectivity index is 2.22. The molecular formula is C15H25N3S. The van der Waals surface area contributed by atoms with E-state index in [1.807, 2.05) is 6.20 Å². The number of thioether (sulfide) groups is 1. The molecule has 2 atom stereocenters. The summed E-state index contributed by atoms with van der Waals surface area (Å²) in [6, 6.07) is 2.54. The molecule has 1 aromatic heterocycles. The van der Waals surface area contributed by atoms with Crippen LogP contribution in [0.2, 0.25) is 0 Å². The summed E-state index contributed by atoms with van der Waals surface area (Å²) in [5.74, 6) is 1.96. The van der Waals surface area contributed by atoms with Crippen molar-refractivity contribution >= 4 is 17.6 Å². The molecule has 1 saturated heterocycles. The van der Waals surface area contributed by atoms with Crippen molar-refractivity contribution in [2.24, 2.45) is 0 Å².